The first-order valence-electron chi connectivity index (χ1n) is 11.0. The molecule has 1 N–H and O–H groups in total. The lowest BCUT2D eigenvalue weighted by Crippen LogP contribution is -2.38. The van der Waals surface area contributed by atoms with E-state index in [1.807, 2.05) is 30.2 Å². The summed E-state index contributed by atoms with van der Waals surface area (Å²) in [7, 11) is 4.06. The molecule has 0 aliphatic rings. The van der Waals surface area contributed by atoms with Gasteiger partial charge in [-0.05, 0) is 18.4 Å². The summed E-state index contributed by atoms with van der Waals surface area (Å²) in [5, 5.41) is 8.04. The Morgan fingerprint density at radius 1 is 1.22 bits per heavy atom. The summed E-state index contributed by atoms with van der Waals surface area (Å²) < 4.78 is 4.10. The Morgan fingerprint density at radius 2 is 1.97 bits per heavy atom. The number of imidazole rings is 1. The third-order valence-electron chi connectivity index (χ3n) is 5.18. The van der Waals surface area contributed by atoms with Crippen LogP contribution < -0.4 is 5.32 Å². The summed E-state index contributed by atoms with van der Waals surface area (Å²) in [5.74, 6) is 2.36. The number of nitrogens with one attached hydrogen (secondary N) is 1. The number of hydrogen-bond acceptors (Lipinski definition) is 3. The van der Waals surface area contributed by atoms with Crippen LogP contribution >= 0.6 is 24.0 Å². The topological polar surface area (TPSA) is 63.3 Å². The van der Waals surface area contributed by atoms with Crippen LogP contribution in [0.5, 0.6) is 0 Å². The van der Waals surface area contributed by atoms with Gasteiger partial charge in [-0.15, -0.1) is 24.0 Å². The van der Waals surface area contributed by atoms with Gasteiger partial charge in [0, 0.05) is 70.8 Å². The Morgan fingerprint density at radius 3 is 2.66 bits per heavy atom. The minimum atomic E-state index is 0. The fraction of sp³-hybridized carbons (Fsp3) is 0.458. The highest BCUT2D eigenvalue weighted by Gasteiger charge is 2.15. The minimum Gasteiger partial charge on any atom is -0.357 e. The standard InChI is InChI=1S/C24H35N7.HI/c1-6-25-24(29(4)17-21-18-30(5)28-23(21)19(2)3)27-13-12-22-26-14-15-31(22)16-20-10-8-7-9-11-20;/h7-11,14-15,18-19H,6,12-13,16-17H2,1-5H3,(H,25,27);1H. The second-order valence-electron chi connectivity index (χ2n) is 8.17. The van der Waals surface area contributed by atoms with E-state index in [-0.39, 0.29) is 24.0 Å². The average molecular weight is 550 g/mol. The first kappa shape index (κ1) is 25.9. The van der Waals surface area contributed by atoms with Crippen molar-refractivity contribution in [1.29, 1.82) is 0 Å². The molecule has 0 spiro atoms. The second kappa shape index (κ2) is 12.6. The van der Waals surface area contributed by atoms with Crippen molar-refractivity contribution < 1.29 is 0 Å². The lowest BCUT2D eigenvalue weighted by atomic mass is 10.1. The third-order valence-corrected chi connectivity index (χ3v) is 5.18. The summed E-state index contributed by atoms with van der Waals surface area (Å²) >= 11 is 0. The average Bonchev–Trinajstić information content (AvgIpc) is 3.34. The van der Waals surface area contributed by atoms with Crippen molar-refractivity contribution in [1.82, 2.24) is 29.5 Å². The fourth-order valence-corrected chi connectivity index (χ4v) is 3.72. The number of hydrogen-bond donors (Lipinski definition) is 1. The molecule has 0 saturated carbocycles. The van der Waals surface area contributed by atoms with Crippen LogP contribution in [0.2, 0.25) is 0 Å². The molecule has 2 heterocycles. The smallest absolute Gasteiger partial charge is 0.193 e. The quantitative estimate of drug-likeness (QED) is 0.249. The van der Waals surface area contributed by atoms with Gasteiger partial charge in [-0.1, -0.05) is 44.2 Å². The molecular weight excluding hydrogens is 513 g/mol. The highest BCUT2D eigenvalue weighted by molar-refractivity contribution is 14.0. The van der Waals surface area contributed by atoms with Crippen LogP contribution in [-0.2, 0) is 26.6 Å². The van der Waals surface area contributed by atoms with E-state index >= 15 is 0 Å². The van der Waals surface area contributed by atoms with E-state index < -0.39 is 0 Å². The first-order valence-corrected chi connectivity index (χ1v) is 11.0. The summed E-state index contributed by atoms with van der Waals surface area (Å²) in [5.41, 5.74) is 3.66. The number of nitrogens with zero attached hydrogens (tertiary/aromatic N) is 6. The van der Waals surface area contributed by atoms with Crippen molar-refractivity contribution in [3.63, 3.8) is 0 Å². The molecule has 32 heavy (non-hydrogen) atoms. The minimum absolute atomic E-state index is 0. The maximum atomic E-state index is 4.86. The third kappa shape index (κ3) is 7.08. The summed E-state index contributed by atoms with van der Waals surface area (Å²) in [6.45, 7) is 9.58. The lowest BCUT2D eigenvalue weighted by molar-refractivity contribution is 0.473. The van der Waals surface area contributed by atoms with Gasteiger partial charge in [0.2, 0.25) is 0 Å². The van der Waals surface area contributed by atoms with E-state index in [9.17, 15) is 0 Å². The molecule has 0 atom stereocenters. The van der Waals surface area contributed by atoms with Crippen LogP contribution in [0.25, 0.3) is 0 Å². The molecule has 2 aromatic heterocycles. The van der Waals surface area contributed by atoms with Gasteiger partial charge >= 0.3 is 0 Å². The predicted molar refractivity (Wildman–Crippen MR) is 142 cm³/mol. The Labute approximate surface area is 209 Å². The maximum Gasteiger partial charge on any atom is 0.193 e. The van der Waals surface area contributed by atoms with Gasteiger partial charge < -0.3 is 14.8 Å². The Balaban J connectivity index is 0.00000363. The van der Waals surface area contributed by atoms with Crippen LogP contribution in [0.4, 0.5) is 0 Å². The van der Waals surface area contributed by atoms with E-state index in [1.165, 1.54) is 11.1 Å². The Hall–Kier alpha value is -2.36. The van der Waals surface area contributed by atoms with E-state index in [1.54, 1.807) is 0 Å². The van der Waals surface area contributed by atoms with Crippen LogP contribution in [0.3, 0.4) is 0 Å². The van der Waals surface area contributed by atoms with Gasteiger partial charge in [-0.3, -0.25) is 9.67 Å². The normalized spacial score (nSPS) is 11.5. The monoisotopic (exact) mass is 549 g/mol. The zero-order valence-electron chi connectivity index (χ0n) is 19.8. The van der Waals surface area contributed by atoms with Gasteiger partial charge in [0.05, 0.1) is 5.69 Å². The van der Waals surface area contributed by atoms with Gasteiger partial charge in [0.25, 0.3) is 0 Å². The molecule has 0 fully saturated rings. The molecule has 0 aliphatic carbocycles. The first-order chi connectivity index (χ1) is 15.0. The Kier molecular flexibility index (Phi) is 10.2. The molecule has 0 unspecified atom stereocenters. The van der Waals surface area contributed by atoms with E-state index in [0.29, 0.717) is 12.5 Å². The van der Waals surface area contributed by atoms with Crippen LogP contribution in [0, 0.1) is 0 Å². The molecule has 1 aromatic carbocycles. The summed E-state index contributed by atoms with van der Waals surface area (Å²) in [6, 6.07) is 10.5. The predicted octanol–water partition coefficient (Wildman–Crippen LogP) is 4.05. The van der Waals surface area contributed by atoms with Gasteiger partial charge in [-0.2, -0.15) is 5.10 Å². The van der Waals surface area contributed by atoms with Crippen molar-refractivity contribution >= 4 is 29.9 Å². The number of rotatable bonds is 9. The summed E-state index contributed by atoms with van der Waals surface area (Å²) in [4.78, 5) is 11.6. The van der Waals surface area contributed by atoms with Gasteiger partial charge in [0.15, 0.2) is 5.96 Å². The molecule has 0 aliphatic heterocycles. The molecular formula is C24H36IN7. The summed E-state index contributed by atoms with van der Waals surface area (Å²) in [6.07, 6.45) is 6.82. The van der Waals surface area contributed by atoms with Crippen LogP contribution in [-0.4, -0.2) is 50.3 Å². The van der Waals surface area contributed by atoms with Crippen molar-refractivity contribution in [2.24, 2.45) is 12.0 Å². The maximum absolute atomic E-state index is 4.86. The molecule has 0 radical (unpaired) electrons. The number of halogens is 1. The number of benzene rings is 1. The van der Waals surface area contributed by atoms with E-state index in [2.05, 4.69) is 83.1 Å². The molecule has 3 rings (SSSR count). The van der Waals surface area contributed by atoms with Crippen LogP contribution in [0.1, 0.15) is 49.3 Å². The zero-order valence-corrected chi connectivity index (χ0v) is 22.2. The molecule has 3 aromatic rings. The highest BCUT2D eigenvalue weighted by atomic mass is 127. The molecule has 0 amide bonds. The molecule has 7 nitrogen and oxygen atoms in total. The largest absolute Gasteiger partial charge is 0.357 e. The van der Waals surface area contributed by atoms with Crippen molar-refractivity contribution in [2.45, 2.75) is 46.2 Å². The Bertz CT molecular complexity index is 975. The number of aromatic nitrogens is 4. The SMILES string of the molecule is CCNC(=NCCc1nccn1Cc1ccccc1)N(C)Cc1cn(C)nc1C(C)C.I. The van der Waals surface area contributed by atoms with Gasteiger partial charge in [-0.25, -0.2) is 4.98 Å². The molecule has 0 bridgehead atoms. The van der Waals surface area contributed by atoms with Crippen molar-refractivity contribution in [3.8, 4) is 0 Å². The molecule has 0 saturated heterocycles. The number of aliphatic imine (C=N–C) groups is 1. The second-order valence-corrected chi connectivity index (χ2v) is 8.17. The van der Waals surface area contributed by atoms with Crippen molar-refractivity contribution in [3.05, 3.63) is 71.6 Å². The zero-order chi connectivity index (χ0) is 22.2. The molecule has 174 valence electrons. The number of aryl methyl sites for hydroxylation is 1. The van der Waals surface area contributed by atoms with Gasteiger partial charge in [0.1, 0.15) is 5.82 Å². The molecule has 8 heteroatoms. The number of guanidine groups is 1. The fourth-order valence-electron chi connectivity index (χ4n) is 3.72. The van der Waals surface area contributed by atoms with Crippen LogP contribution in [0.15, 0.2) is 53.9 Å². The van der Waals surface area contributed by atoms with E-state index in [4.69, 9.17) is 4.99 Å². The lowest BCUT2D eigenvalue weighted by Gasteiger charge is -2.22. The highest BCUT2D eigenvalue weighted by Crippen LogP contribution is 2.18. The van der Waals surface area contributed by atoms with Crippen molar-refractivity contribution in [2.75, 3.05) is 20.1 Å². The van der Waals surface area contributed by atoms with E-state index in [0.717, 1.165) is 43.5 Å².